The number of cyclic esters (lactones) is 1. The van der Waals surface area contributed by atoms with Crippen LogP contribution in [0.3, 0.4) is 0 Å². The number of hydrogen-bond donors (Lipinski definition) is 3. The molecule has 1 aliphatic rings. The van der Waals surface area contributed by atoms with E-state index in [0.717, 1.165) is 5.56 Å². The zero-order valence-corrected chi connectivity index (χ0v) is 13.1. The number of ether oxygens (including phenoxy) is 1. The first-order chi connectivity index (χ1) is 10.3. The fourth-order valence-electron chi connectivity index (χ4n) is 2.61. The van der Waals surface area contributed by atoms with Crippen LogP contribution in [0.15, 0.2) is 30.3 Å². The van der Waals surface area contributed by atoms with Gasteiger partial charge in [0.15, 0.2) is 0 Å². The van der Waals surface area contributed by atoms with Gasteiger partial charge in [-0.1, -0.05) is 44.2 Å². The number of morpholine rings is 1. The fourth-order valence-corrected chi connectivity index (χ4v) is 2.61. The van der Waals surface area contributed by atoms with Crippen molar-refractivity contribution in [3.05, 3.63) is 35.9 Å². The van der Waals surface area contributed by atoms with Crippen molar-refractivity contribution in [1.29, 1.82) is 0 Å². The highest BCUT2D eigenvalue weighted by Crippen LogP contribution is 2.27. The van der Waals surface area contributed by atoms with Gasteiger partial charge in [0, 0.05) is 12.8 Å². The van der Waals surface area contributed by atoms with E-state index in [1.54, 1.807) is 31.3 Å². The van der Waals surface area contributed by atoms with Gasteiger partial charge in [0.2, 0.25) is 11.4 Å². The van der Waals surface area contributed by atoms with Gasteiger partial charge in [-0.2, -0.15) is 0 Å². The molecular weight excluding hydrogens is 284 g/mol. The molecule has 0 bridgehead atoms. The molecule has 120 valence electrons. The van der Waals surface area contributed by atoms with Crippen molar-refractivity contribution in [2.75, 3.05) is 7.05 Å². The molecule has 0 radical (unpaired) electrons. The minimum atomic E-state index is -2.05. The Bertz CT molecular complexity index is 561. The first-order valence-corrected chi connectivity index (χ1v) is 7.32. The smallest absolute Gasteiger partial charge is 0.362 e. The molecule has 6 heteroatoms. The van der Waals surface area contributed by atoms with Crippen LogP contribution in [0, 0.1) is 5.92 Å². The average molecular weight is 306 g/mol. The van der Waals surface area contributed by atoms with Gasteiger partial charge in [0.25, 0.3) is 5.91 Å². The number of amides is 1. The number of carbonyl (C=O) groups excluding carboxylic acids is 2. The van der Waals surface area contributed by atoms with Crippen molar-refractivity contribution >= 4 is 11.9 Å². The molecule has 0 unspecified atom stereocenters. The predicted octanol–water partition coefficient (Wildman–Crippen LogP) is 0.552. The summed E-state index contributed by atoms with van der Waals surface area (Å²) in [7, 11) is 1.55. The maximum atomic E-state index is 12.4. The van der Waals surface area contributed by atoms with Crippen molar-refractivity contribution in [2.45, 2.75) is 38.1 Å². The van der Waals surface area contributed by atoms with Crippen LogP contribution in [0.25, 0.3) is 0 Å². The van der Waals surface area contributed by atoms with Gasteiger partial charge in [-0.15, -0.1) is 0 Å². The number of benzene rings is 1. The van der Waals surface area contributed by atoms with Crippen molar-refractivity contribution in [3.63, 3.8) is 0 Å². The van der Waals surface area contributed by atoms with Crippen molar-refractivity contribution in [1.82, 2.24) is 10.6 Å². The van der Waals surface area contributed by atoms with Gasteiger partial charge >= 0.3 is 5.97 Å². The maximum absolute atomic E-state index is 12.4. The molecule has 1 fully saturated rings. The molecule has 1 aromatic rings. The van der Waals surface area contributed by atoms with E-state index < -0.39 is 23.3 Å². The Kier molecular flexibility index (Phi) is 4.53. The Labute approximate surface area is 129 Å². The third kappa shape index (κ3) is 3.13. The summed E-state index contributed by atoms with van der Waals surface area (Å²) in [6.07, 6.45) is 0.280. The van der Waals surface area contributed by atoms with Gasteiger partial charge in [0.05, 0.1) is 0 Å². The van der Waals surface area contributed by atoms with Gasteiger partial charge in [-0.25, -0.2) is 4.79 Å². The largest absolute Gasteiger partial charge is 0.431 e. The Morgan fingerprint density at radius 1 is 1.27 bits per heavy atom. The molecule has 0 saturated carbocycles. The van der Waals surface area contributed by atoms with E-state index >= 15 is 0 Å². The number of aliphatic hydroxyl groups is 1. The lowest BCUT2D eigenvalue weighted by atomic mass is 9.94. The summed E-state index contributed by atoms with van der Waals surface area (Å²) >= 11 is 0. The molecule has 22 heavy (non-hydrogen) atoms. The average Bonchev–Trinajstić information content (AvgIpc) is 2.45. The molecule has 2 atom stereocenters. The van der Waals surface area contributed by atoms with Gasteiger partial charge in [0.1, 0.15) is 0 Å². The molecule has 1 aromatic carbocycles. The van der Waals surface area contributed by atoms with E-state index in [9.17, 15) is 14.7 Å². The van der Waals surface area contributed by atoms with Crippen LogP contribution < -0.4 is 10.6 Å². The van der Waals surface area contributed by atoms with Crippen molar-refractivity contribution in [3.8, 4) is 0 Å². The molecule has 1 amide bonds. The maximum Gasteiger partial charge on any atom is 0.362 e. The SMILES string of the molecule is CN[C@@]1(CC(C)C)OC(=O)[C@@](O)(Cc2ccccc2)NC1=O. The Morgan fingerprint density at radius 3 is 2.45 bits per heavy atom. The molecule has 3 N–H and O–H groups in total. The monoisotopic (exact) mass is 306 g/mol. The summed E-state index contributed by atoms with van der Waals surface area (Å²) in [5.41, 5.74) is -2.76. The predicted molar refractivity (Wildman–Crippen MR) is 80.6 cm³/mol. The molecule has 0 spiro atoms. The molecule has 1 aliphatic heterocycles. The molecule has 2 rings (SSSR count). The summed E-state index contributed by atoms with van der Waals surface area (Å²) in [4.78, 5) is 24.7. The fraction of sp³-hybridized carbons (Fsp3) is 0.500. The molecule has 0 aliphatic carbocycles. The second-order valence-corrected chi connectivity index (χ2v) is 6.04. The second-order valence-electron chi connectivity index (χ2n) is 6.04. The first-order valence-electron chi connectivity index (χ1n) is 7.32. The zero-order chi connectivity index (χ0) is 16.4. The van der Waals surface area contributed by atoms with Crippen molar-refractivity contribution < 1.29 is 19.4 Å². The summed E-state index contributed by atoms with van der Waals surface area (Å²) < 4.78 is 5.32. The molecule has 0 aromatic heterocycles. The second kappa shape index (κ2) is 6.06. The van der Waals surface area contributed by atoms with Crippen LogP contribution in [0.4, 0.5) is 0 Å². The van der Waals surface area contributed by atoms with Crippen LogP contribution in [-0.4, -0.2) is 35.5 Å². The standard InChI is InChI=1S/C16H22N2O4/c1-11(2)9-16(17-3)13(19)18-15(21,14(20)22-16)10-12-7-5-4-6-8-12/h4-8,11,17,21H,9-10H2,1-3H3,(H,18,19)/t15-,16-/m0/s1. The van der Waals surface area contributed by atoms with E-state index in [4.69, 9.17) is 4.74 Å². The normalized spacial score (nSPS) is 28.4. The quantitative estimate of drug-likeness (QED) is 0.692. The Hall–Kier alpha value is -1.92. The van der Waals surface area contributed by atoms with Gasteiger partial charge < -0.3 is 15.2 Å². The lowest BCUT2D eigenvalue weighted by Gasteiger charge is -2.42. The number of likely N-dealkylation sites (N-methyl/N-ethyl adjacent to an activating group) is 1. The molecular formula is C16H22N2O4. The van der Waals surface area contributed by atoms with E-state index in [-0.39, 0.29) is 12.3 Å². The third-order valence-corrected chi connectivity index (χ3v) is 3.69. The van der Waals surface area contributed by atoms with Gasteiger partial charge in [-0.05, 0) is 18.5 Å². The summed E-state index contributed by atoms with van der Waals surface area (Å²) in [6.45, 7) is 3.84. The molecule has 1 saturated heterocycles. The lowest BCUT2D eigenvalue weighted by Crippen LogP contribution is -2.73. The van der Waals surface area contributed by atoms with E-state index in [0.29, 0.717) is 6.42 Å². The number of carbonyl (C=O) groups is 2. The van der Waals surface area contributed by atoms with Crippen LogP contribution in [0.2, 0.25) is 0 Å². The first kappa shape index (κ1) is 16.5. The number of nitrogens with one attached hydrogen (secondary N) is 2. The highest BCUT2D eigenvalue weighted by Gasteiger charge is 2.55. The molecule has 1 heterocycles. The number of esters is 1. The zero-order valence-electron chi connectivity index (χ0n) is 13.1. The third-order valence-electron chi connectivity index (χ3n) is 3.69. The topological polar surface area (TPSA) is 87.7 Å². The van der Waals surface area contributed by atoms with Crippen LogP contribution in [0.5, 0.6) is 0 Å². The van der Waals surface area contributed by atoms with E-state index in [1.807, 2.05) is 19.9 Å². The minimum Gasteiger partial charge on any atom is -0.431 e. The summed E-state index contributed by atoms with van der Waals surface area (Å²) in [6, 6.07) is 8.97. The Balaban J connectivity index is 2.22. The van der Waals surface area contributed by atoms with Crippen LogP contribution in [-0.2, 0) is 20.7 Å². The Morgan fingerprint density at radius 2 is 1.91 bits per heavy atom. The highest BCUT2D eigenvalue weighted by atomic mass is 16.6. The lowest BCUT2D eigenvalue weighted by molar-refractivity contribution is -0.210. The number of hydrogen-bond acceptors (Lipinski definition) is 5. The van der Waals surface area contributed by atoms with Crippen LogP contribution >= 0.6 is 0 Å². The van der Waals surface area contributed by atoms with E-state index in [1.165, 1.54) is 0 Å². The summed E-state index contributed by atoms with van der Waals surface area (Å²) in [5, 5.41) is 15.7. The summed E-state index contributed by atoms with van der Waals surface area (Å²) in [5.74, 6) is -1.26. The number of rotatable bonds is 5. The molecule has 6 nitrogen and oxygen atoms in total. The van der Waals surface area contributed by atoms with E-state index in [2.05, 4.69) is 10.6 Å². The highest BCUT2D eigenvalue weighted by molar-refractivity contribution is 5.96. The van der Waals surface area contributed by atoms with Crippen molar-refractivity contribution in [2.24, 2.45) is 5.92 Å². The minimum absolute atomic E-state index is 0.0418. The van der Waals surface area contributed by atoms with Gasteiger partial charge in [-0.3, -0.25) is 10.1 Å². The van der Waals surface area contributed by atoms with Crippen LogP contribution in [0.1, 0.15) is 25.8 Å².